The van der Waals surface area contributed by atoms with Crippen LogP contribution in [0.25, 0.3) is 5.57 Å². The number of nitrogens with zero attached hydrogens (tertiary/aromatic N) is 2. The number of aliphatic hydroxyl groups excluding tert-OH is 1. The summed E-state index contributed by atoms with van der Waals surface area (Å²) in [6.07, 6.45) is 3.34. The van der Waals surface area contributed by atoms with E-state index in [2.05, 4.69) is 6.58 Å². The minimum atomic E-state index is -0.333. The molecular formula is C20H24N2O4. The maximum Gasteiger partial charge on any atom is 0.278 e. The summed E-state index contributed by atoms with van der Waals surface area (Å²) in [4.78, 5) is 29.2. The number of benzene rings is 1. The highest BCUT2D eigenvalue weighted by Gasteiger charge is 2.42. The Balaban J connectivity index is 2.11. The second kappa shape index (κ2) is 7.74. The lowest BCUT2D eigenvalue weighted by Crippen LogP contribution is -2.40. The third kappa shape index (κ3) is 3.12. The van der Waals surface area contributed by atoms with Gasteiger partial charge in [-0.3, -0.25) is 14.5 Å². The molecule has 1 unspecified atom stereocenters. The van der Waals surface area contributed by atoms with Crippen LogP contribution in [0.15, 0.2) is 42.6 Å². The zero-order valence-corrected chi connectivity index (χ0v) is 15.0. The highest BCUT2D eigenvalue weighted by atomic mass is 16.5. The van der Waals surface area contributed by atoms with Crippen molar-refractivity contribution in [2.24, 2.45) is 5.92 Å². The highest BCUT2D eigenvalue weighted by molar-refractivity contribution is 6.36. The molecule has 0 bridgehead atoms. The van der Waals surface area contributed by atoms with Crippen molar-refractivity contribution in [3.8, 4) is 5.75 Å². The van der Waals surface area contributed by atoms with Crippen molar-refractivity contribution < 1.29 is 19.4 Å². The van der Waals surface area contributed by atoms with E-state index in [1.165, 1.54) is 4.90 Å². The van der Waals surface area contributed by atoms with Gasteiger partial charge in [-0.05, 0) is 24.8 Å². The maximum atomic E-state index is 13.0. The van der Waals surface area contributed by atoms with Crippen molar-refractivity contribution in [1.82, 2.24) is 9.80 Å². The van der Waals surface area contributed by atoms with Crippen LogP contribution in [0.4, 0.5) is 0 Å². The van der Waals surface area contributed by atoms with Crippen molar-refractivity contribution in [3.05, 3.63) is 48.2 Å². The van der Waals surface area contributed by atoms with Crippen LogP contribution >= 0.6 is 0 Å². The van der Waals surface area contributed by atoms with E-state index in [0.29, 0.717) is 35.7 Å². The summed E-state index contributed by atoms with van der Waals surface area (Å²) in [6.45, 7) is 5.14. The fraction of sp³-hybridized carbons (Fsp3) is 0.400. The molecule has 0 aliphatic carbocycles. The Morgan fingerprint density at radius 2 is 2.08 bits per heavy atom. The highest BCUT2D eigenvalue weighted by Crippen LogP contribution is 2.37. The van der Waals surface area contributed by atoms with Gasteiger partial charge in [0.15, 0.2) is 0 Å². The molecule has 2 aliphatic heterocycles. The molecule has 1 aromatic carbocycles. The molecule has 1 N–H and O–H groups in total. The van der Waals surface area contributed by atoms with Crippen LogP contribution in [-0.4, -0.2) is 60.1 Å². The molecule has 2 amide bonds. The Labute approximate surface area is 153 Å². The SMILES string of the molecule is C=CCN1C(=O)C(c2ccccc2OC)=C(N2CCCC(CO)C2)C1=O. The van der Waals surface area contributed by atoms with Gasteiger partial charge in [-0.1, -0.05) is 24.3 Å². The van der Waals surface area contributed by atoms with Crippen LogP contribution in [0.3, 0.4) is 0 Å². The van der Waals surface area contributed by atoms with E-state index in [-0.39, 0.29) is 30.9 Å². The fourth-order valence-electron chi connectivity index (χ4n) is 3.66. The van der Waals surface area contributed by atoms with Gasteiger partial charge in [-0.25, -0.2) is 0 Å². The van der Waals surface area contributed by atoms with E-state index in [4.69, 9.17) is 4.74 Å². The van der Waals surface area contributed by atoms with E-state index in [0.717, 1.165) is 12.8 Å². The summed E-state index contributed by atoms with van der Waals surface area (Å²) in [6, 6.07) is 7.22. The molecule has 2 aliphatic rings. The number of carbonyl (C=O) groups excluding carboxylic acids is 2. The van der Waals surface area contributed by atoms with Crippen LogP contribution in [0.5, 0.6) is 5.75 Å². The van der Waals surface area contributed by atoms with E-state index >= 15 is 0 Å². The predicted octanol–water partition coefficient (Wildman–Crippen LogP) is 1.67. The number of imide groups is 1. The number of carbonyl (C=O) groups is 2. The van der Waals surface area contributed by atoms with Crippen molar-refractivity contribution in [1.29, 1.82) is 0 Å². The van der Waals surface area contributed by atoms with Crippen molar-refractivity contribution >= 4 is 17.4 Å². The Bertz CT molecular complexity index is 756. The molecule has 0 spiro atoms. The lowest BCUT2D eigenvalue weighted by molar-refractivity contribution is -0.137. The summed E-state index contributed by atoms with van der Waals surface area (Å²) in [7, 11) is 1.55. The number of hydrogen-bond acceptors (Lipinski definition) is 5. The number of likely N-dealkylation sites (tertiary alicyclic amines) is 1. The number of aliphatic hydroxyl groups is 1. The van der Waals surface area contributed by atoms with Gasteiger partial charge >= 0.3 is 0 Å². The van der Waals surface area contributed by atoms with Crippen LogP contribution < -0.4 is 4.74 Å². The van der Waals surface area contributed by atoms with Crippen molar-refractivity contribution in [3.63, 3.8) is 0 Å². The van der Waals surface area contributed by atoms with Gasteiger partial charge in [0.2, 0.25) is 0 Å². The van der Waals surface area contributed by atoms with Crippen LogP contribution in [0.1, 0.15) is 18.4 Å². The number of rotatable bonds is 6. The Morgan fingerprint density at radius 1 is 1.31 bits per heavy atom. The summed E-state index contributed by atoms with van der Waals surface area (Å²) < 4.78 is 5.42. The predicted molar refractivity (Wildman–Crippen MR) is 98.2 cm³/mol. The van der Waals surface area contributed by atoms with Crippen LogP contribution in [-0.2, 0) is 9.59 Å². The lowest BCUT2D eigenvalue weighted by atomic mass is 9.96. The number of ether oxygens (including phenoxy) is 1. The first kappa shape index (κ1) is 18.2. The molecule has 0 saturated carbocycles. The molecule has 0 radical (unpaired) electrons. The average molecular weight is 356 g/mol. The second-order valence-corrected chi connectivity index (χ2v) is 6.57. The minimum absolute atomic E-state index is 0.0757. The topological polar surface area (TPSA) is 70.1 Å². The number of para-hydroxylation sites is 1. The number of methoxy groups -OCH3 is 1. The Morgan fingerprint density at radius 3 is 2.77 bits per heavy atom. The Kier molecular flexibility index (Phi) is 5.42. The smallest absolute Gasteiger partial charge is 0.278 e. The summed E-state index contributed by atoms with van der Waals surface area (Å²) in [5.74, 6) is 0.0127. The molecule has 3 rings (SSSR count). The van der Waals surface area contributed by atoms with Gasteiger partial charge < -0.3 is 14.7 Å². The van der Waals surface area contributed by atoms with Gasteiger partial charge in [-0.15, -0.1) is 6.58 Å². The molecule has 138 valence electrons. The quantitative estimate of drug-likeness (QED) is 0.620. The molecule has 0 aromatic heterocycles. The standard InChI is InChI=1S/C20H24N2O4/c1-3-10-22-19(24)17(15-8-4-5-9-16(15)26-2)18(20(22)25)21-11-6-7-14(12-21)13-23/h3-5,8-9,14,23H,1,6-7,10-13H2,2H3. The van der Waals surface area contributed by atoms with Gasteiger partial charge in [0.25, 0.3) is 11.8 Å². The zero-order valence-electron chi connectivity index (χ0n) is 15.0. The second-order valence-electron chi connectivity index (χ2n) is 6.57. The third-order valence-corrected chi connectivity index (χ3v) is 4.92. The number of piperidine rings is 1. The first-order chi connectivity index (χ1) is 12.6. The third-order valence-electron chi connectivity index (χ3n) is 4.92. The fourth-order valence-corrected chi connectivity index (χ4v) is 3.66. The summed E-state index contributed by atoms with van der Waals surface area (Å²) >= 11 is 0. The van der Waals surface area contributed by atoms with Crippen molar-refractivity contribution in [2.75, 3.05) is 33.4 Å². The molecule has 6 heteroatoms. The summed E-state index contributed by atoms with van der Waals surface area (Å²) in [5.41, 5.74) is 1.38. The molecule has 26 heavy (non-hydrogen) atoms. The van der Waals surface area contributed by atoms with E-state index in [1.807, 2.05) is 17.0 Å². The molecule has 1 fully saturated rings. The van der Waals surface area contributed by atoms with E-state index in [1.54, 1.807) is 25.3 Å². The minimum Gasteiger partial charge on any atom is -0.496 e. The molecule has 1 aromatic rings. The first-order valence-electron chi connectivity index (χ1n) is 8.82. The van der Waals surface area contributed by atoms with Gasteiger partial charge in [0, 0.05) is 31.8 Å². The van der Waals surface area contributed by atoms with Crippen molar-refractivity contribution in [2.45, 2.75) is 12.8 Å². The van der Waals surface area contributed by atoms with Gasteiger partial charge in [0.1, 0.15) is 11.4 Å². The molecule has 2 heterocycles. The largest absolute Gasteiger partial charge is 0.496 e. The molecule has 1 saturated heterocycles. The molecular weight excluding hydrogens is 332 g/mol. The van der Waals surface area contributed by atoms with Gasteiger partial charge in [-0.2, -0.15) is 0 Å². The number of hydrogen-bond donors (Lipinski definition) is 1. The van der Waals surface area contributed by atoms with E-state index in [9.17, 15) is 14.7 Å². The zero-order chi connectivity index (χ0) is 18.7. The molecule has 1 atom stereocenters. The normalized spacial score (nSPS) is 20.8. The molecule has 6 nitrogen and oxygen atoms in total. The maximum absolute atomic E-state index is 13.0. The van der Waals surface area contributed by atoms with Crippen LogP contribution in [0.2, 0.25) is 0 Å². The lowest BCUT2D eigenvalue weighted by Gasteiger charge is -2.34. The number of amides is 2. The summed E-state index contributed by atoms with van der Waals surface area (Å²) in [5, 5.41) is 9.53. The Hall–Kier alpha value is -2.60. The van der Waals surface area contributed by atoms with Crippen LogP contribution in [0, 0.1) is 5.92 Å². The van der Waals surface area contributed by atoms with E-state index < -0.39 is 0 Å². The van der Waals surface area contributed by atoms with Gasteiger partial charge in [0.05, 0.1) is 12.7 Å². The average Bonchev–Trinajstić information content (AvgIpc) is 2.92. The monoisotopic (exact) mass is 356 g/mol. The first-order valence-corrected chi connectivity index (χ1v) is 8.82.